The molecule has 0 aromatic carbocycles. The number of alkyl halides is 3. The van der Waals surface area contributed by atoms with Gasteiger partial charge in [0.1, 0.15) is 10.9 Å². The second-order valence-corrected chi connectivity index (χ2v) is 7.70. The van der Waals surface area contributed by atoms with Gasteiger partial charge in [-0.3, -0.25) is 14.6 Å². The van der Waals surface area contributed by atoms with E-state index in [9.17, 15) is 28.0 Å². The Bertz CT molecular complexity index is 1270. The van der Waals surface area contributed by atoms with Crippen LogP contribution < -0.4 is 10.6 Å². The number of nitrogens with one attached hydrogen (secondary N) is 2. The molecule has 0 aliphatic carbocycles. The molecule has 3 rings (SSSR count). The molecule has 3 aromatic heterocycles. The van der Waals surface area contributed by atoms with Gasteiger partial charge in [-0.15, -0.1) is 0 Å². The molecule has 12 heteroatoms. The molecule has 0 saturated heterocycles. The number of rotatable bonds is 6. The summed E-state index contributed by atoms with van der Waals surface area (Å²) in [6.07, 6.45) is 1.56. The Morgan fingerprint density at radius 1 is 1.15 bits per heavy atom. The highest BCUT2D eigenvalue weighted by Crippen LogP contribution is 2.35. The number of nitrogens with zero attached hydrogens (tertiary/aromatic N) is 4. The van der Waals surface area contributed by atoms with Crippen molar-refractivity contribution in [2.45, 2.75) is 19.0 Å². The number of nitriles is 1. The van der Waals surface area contributed by atoms with E-state index in [1.54, 1.807) is 13.0 Å². The Kier molecular flexibility index (Phi) is 6.83. The minimum absolute atomic E-state index is 0.0738. The molecule has 1 unspecified atom stereocenters. The summed E-state index contributed by atoms with van der Waals surface area (Å²) in [5.41, 5.74) is 1.66. The standard InChI is InChI=1S/C21H15F3N6O2S/c1-3-17(31)29-18-12(6-25)4-15(9-27-18)14-5-13(7-26-8-14)11(2)19(32)30-20-28-10-16(33-20)21(22,23)24/h3-5,7-11H,1H2,2H3,(H,27,29,31)(H,28,30,32). The summed E-state index contributed by atoms with van der Waals surface area (Å²) in [5.74, 6) is -1.76. The van der Waals surface area contributed by atoms with Gasteiger partial charge in [-0.1, -0.05) is 17.9 Å². The summed E-state index contributed by atoms with van der Waals surface area (Å²) < 4.78 is 38.2. The third-order valence-corrected chi connectivity index (χ3v) is 5.39. The number of carbonyl (C=O) groups excluding carboxylic acids is 2. The third-order valence-electron chi connectivity index (χ3n) is 4.44. The summed E-state index contributed by atoms with van der Waals surface area (Å²) in [6.45, 7) is 4.91. The highest BCUT2D eigenvalue weighted by atomic mass is 32.1. The lowest BCUT2D eigenvalue weighted by Gasteiger charge is -2.12. The number of pyridine rings is 2. The zero-order chi connectivity index (χ0) is 24.2. The summed E-state index contributed by atoms with van der Waals surface area (Å²) in [7, 11) is 0. The maximum atomic E-state index is 12.7. The zero-order valence-electron chi connectivity index (χ0n) is 17.0. The third kappa shape index (κ3) is 5.58. The molecular formula is C21H15F3N6O2S. The van der Waals surface area contributed by atoms with Crippen molar-refractivity contribution < 1.29 is 22.8 Å². The number of anilines is 2. The SMILES string of the molecule is C=CC(=O)Nc1ncc(-c2cncc(C(C)C(=O)Nc3ncc(C(F)(F)F)s3)c2)cc1C#N. The Labute approximate surface area is 189 Å². The van der Waals surface area contributed by atoms with Crippen molar-refractivity contribution in [1.82, 2.24) is 15.0 Å². The minimum atomic E-state index is -4.54. The van der Waals surface area contributed by atoms with Crippen LogP contribution in [0.1, 0.15) is 28.8 Å². The number of halogens is 3. The van der Waals surface area contributed by atoms with Crippen LogP contribution >= 0.6 is 11.3 Å². The normalized spacial score (nSPS) is 11.8. The van der Waals surface area contributed by atoms with Crippen LogP contribution in [0, 0.1) is 11.3 Å². The number of hydrogen-bond donors (Lipinski definition) is 2. The predicted molar refractivity (Wildman–Crippen MR) is 115 cm³/mol. The van der Waals surface area contributed by atoms with Crippen molar-refractivity contribution in [1.29, 1.82) is 5.26 Å². The molecule has 0 bridgehead atoms. The van der Waals surface area contributed by atoms with E-state index in [2.05, 4.69) is 32.2 Å². The van der Waals surface area contributed by atoms with Crippen LogP contribution in [0.25, 0.3) is 11.1 Å². The van der Waals surface area contributed by atoms with Crippen molar-refractivity contribution in [2.24, 2.45) is 0 Å². The van der Waals surface area contributed by atoms with Crippen LogP contribution in [0.2, 0.25) is 0 Å². The van der Waals surface area contributed by atoms with E-state index >= 15 is 0 Å². The average Bonchev–Trinajstić information content (AvgIpc) is 3.27. The fourth-order valence-electron chi connectivity index (χ4n) is 2.66. The van der Waals surface area contributed by atoms with E-state index in [0.29, 0.717) is 34.2 Å². The van der Waals surface area contributed by atoms with Crippen LogP contribution in [-0.2, 0) is 15.8 Å². The molecule has 0 spiro atoms. The van der Waals surface area contributed by atoms with Gasteiger partial charge < -0.3 is 10.6 Å². The lowest BCUT2D eigenvalue weighted by atomic mass is 9.98. The molecule has 0 saturated carbocycles. The maximum Gasteiger partial charge on any atom is 0.427 e. The van der Waals surface area contributed by atoms with Crippen molar-refractivity contribution in [3.63, 3.8) is 0 Å². The van der Waals surface area contributed by atoms with Crippen molar-refractivity contribution in [2.75, 3.05) is 10.6 Å². The molecule has 0 aliphatic rings. The number of carbonyl (C=O) groups is 2. The Morgan fingerprint density at radius 2 is 1.88 bits per heavy atom. The van der Waals surface area contributed by atoms with Gasteiger partial charge in [0.05, 0.1) is 17.7 Å². The van der Waals surface area contributed by atoms with Gasteiger partial charge in [-0.05, 0) is 30.7 Å². The van der Waals surface area contributed by atoms with E-state index < -0.39 is 28.8 Å². The quantitative estimate of drug-likeness (QED) is 0.515. The van der Waals surface area contributed by atoms with Crippen LogP contribution in [0.5, 0.6) is 0 Å². The van der Waals surface area contributed by atoms with Gasteiger partial charge in [0, 0.05) is 29.7 Å². The molecule has 0 radical (unpaired) electrons. The Balaban J connectivity index is 1.81. The van der Waals surface area contributed by atoms with Crippen LogP contribution in [-0.4, -0.2) is 26.8 Å². The first-order chi connectivity index (χ1) is 15.6. The first-order valence-electron chi connectivity index (χ1n) is 9.25. The first-order valence-corrected chi connectivity index (χ1v) is 10.1. The molecular weight excluding hydrogens is 457 g/mol. The molecule has 168 valence electrons. The molecule has 8 nitrogen and oxygen atoms in total. The molecule has 0 fully saturated rings. The molecule has 3 heterocycles. The van der Waals surface area contributed by atoms with Crippen LogP contribution in [0.15, 0.2) is 49.6 Å². The van der Waals surface area contributed by atoms with E-state index in [0.717, 1.165) is 6.08 Å². The lowest BCUT2D eigenvalue weighted by Crippen LogP contribution is -2.19. The van der Waals surface area contributed by atoms with E-state index in [-0.39, 0.29) is 16.5 Å². The van der Waals surface area contributed by atoms with Crippen molar-refractivity contribution >= 4 is 34.1 Å². The predicted octanol–water partition coefficient (Wildman–Crippen LogP) is 4.36. The number of hydrogen-bond acceptors (Lipinski definition) is 7. The van der Waals surface area contributed by atoms with Gasteiger partial charge in [0.2, 0.25) is 11.8 Å². The monoisotopic (exact) mass is 472 g/mol. The summed E-state index contributed by atoms with van der Waals surface area (Å²) >= 11 is 0.333. The second kappa shape index (κ2) is 9.58. The second-order valence-electron chi connectivity index (χ2n) is 6.67. The Hall–Kier alpha value is -4.11. The number of thiazole rings is 1. The zero-order valence-corrected chi connectivity index (χ0v) is 17.8. The van der Waals surface area contributed by atoms with Crippen LogP contribution in [0.3, 0.4) is 0 Å². The van der Waals surface area contributed by atoms with Gasteiger partial charge in [-0.2, -0.15) is 18.4 Å². The molecule has 1 atom stereocenters. The number of aromatic nitrogens is 3. The minimum Gasteiger partial charge on any atom is -0.306 e. The largest absolute Gasteiger partial charge is 0.427 e. The van der Waals surface area contributed by atoms with E-state index in [1.165, 1.54) is 24.7 Å². The molecule has 0 aliphatic heterocycles. The van der Waals surface area contributed by atoms with Gasteiger partial charge in [-0.25, -0.2) is 9.97 Å². The summed E-state index contributed by atoms with van der Waals surface area (Å²) in [4.78, 5) is 34.9. The van der Waals surface area contributed by atoms with Gasteiger partial charge >= 0.3 is 6.18 Å². The van der Waals surface area contributed by atoms with Gasteiger partial charge in [0.25, 0.3) is 0 Å². The highest BCUT2D eigenvalue weighted by Gasteiger charge is 2.33. The molecule has 2 N–H and O–H groups in total. The first kappa shape index (κ1) is 23.6. The summed E-state index contributed by atoms with van der Waals surface area (Å²) in [6, 6.07) is 5.11. The molecule has 3 aromatic rings. The lowest BCUT2D eigenvalue weighted by molar-refractivity contribution is -0.134. The smallest absolute Gasteiger partial charge is 0.306 e. The summed E-state index contributed by atoms with van der Waals surface area (Å²) in [5, 5.41) is 14.0. The fourth-order valence-corrected chi connectivity index (χ4v) is 3.34. The molecule has 2 amide bonds. The van der Waals surface area contributed by atoms with E-state index in [1.807, 2.05) is 6.07 Å². The van der Waals surface area contributed by atoms with Crippen molar-refractivity contribution in [3.05, 3.63) is 65.6 Å². The fraction of sp³-hybridized carbons (Fsp3) is 0.143. The van der Waals surface area contributed by atoms with E-state index in [4.69, 9.17) is 0 Å². The van der Waals surface area contributed by atoms with Gasteiger partial charge in [0.15, 0.2) is 10.9 Å². The maximum absolute atomic E-state index is 12.7. The van der Waals surface area contributed by atoms with Crippen LogP contribution in [0.4, 0.5) is 24.1 Å². The van der Waals surface area contributed by atoms with Crippen molar-refractivity contribution in [3.8, 4) is 17.2 Å². The number of amides is 2. The topological polar surface area (TPSA) is 121 Å². The highest BCUT2D eigenvalue weighted by molar-refractivity contribution is 7.15. The average molecular weight is 472 g/mol. The molecule has 33 heavy (non-hydrogen) atoms. The Morgan fingerprint density at radius 3 is 2.52 bits per heavy atom.